The average molecular weight is 227 g/mol. The van der Waals surface area contributed by atoms with Gasteiger partial charge in [0, 0.05) is 18.1 Å². The van der Waals surface area contributed by atoms with Crippen LogP contribution >= 0.6 is 0 Å². The first-order chi connectivity index (χ1) is 7.38. The predicted molar refractivity (Wildman–Crippen MR) is 66.5 cm³/mol. The van der Waals surface area contributed by atoms with Gasteiger partial charge >= 0.3 is 6.03 Å². The van der Waals surface area contributed by atoms with E-state index in [9.17, 15) is 4.79 Å². The lowest BCUT2D eigenvalue weighted by Gasteiger charge is -2.30. The maximum atomic E-state index is 11.6. The maximum Gasteiger partial charge on any atom is 0.315 e. The summed E-state index contributed by atoms with van der Waals surface area (Å²) in [6.45, 7) is 9.96. The minimum absolute atomic E-state index is 0.0768. The van der Waals surface area contributed by atoms with E-state index in [-0.39, 0.29) is 11.6 Å². The van der Waals surface area contributed by atoms with Gasteiger partial charge in [0.15, 0.2) is 0 Å². The summed E-state index contributed by atoms with van der Waals surface area (Å²) in [5, 5.41) is 9.27. The number of urea groups is 1. The zero-order valence-electron chi connectivity index (χ0n) is 10.9. The third kappa shape index (κ3) is 4.84. The standard InChI is InChI=1S/C12H25N3O/c1-9-6-5-7-13-10(9)8-14-11(16)15-12(2,3)4/h9-10,13H,5-8H2,1-4H3,(H2,14,15,16). The van der Waals surface area contributed by atoms with E-state index >= 15 is 0 Å². The maximum absolute atomic E-state index is 11.6. The van der Waals surface area contributed by atoms with Crippen LogP contribution in [0.5, 0.6) is 0 Å². The van der Waals surface area contributed by atoms with Gasteiger partial charge in [-0.05, 0) is 46.1 Å². The monoisotopic (exact) mass is 227 g/mol. The van der Waals surface area contributed by atoms with Crippen molar-refractivity contribution in [2.45, 2.75) is 52.1 Å². The molecule has 0 spiro atoms. The van der Waals surface area contributed by atoms with Gasteiger partial charge in [0.25, 0.3) is 0 Å². The highest BCUT2D eigenvalue weighted by atomic mass is 16.2. The van der Waals surface area contributed by atoms with Crippen molar-refractivity contribution in [2.24, 2.45) is 5.92 Å². The molecule has 2 atom stereocenters. The van der Waals surface area contributed by atoms with E-state index in [4.69, 9.17) is 0 Å². The van der Waals surface area contributed by atoms with Gasteiger partial charge in [-0.1, -0.05) is 6.92 Å². The Kier molecular flexibility index (Phi) is 4.59. The predicted octanol–water partition coefficient (Wildman–Crippen LogP) is 1.47. The number of hydrogen-bond donors (Lipinski definition) is 3. The fraction of sp³-hybridized carbons (Fsp3) is 0.917. The summed E-state index contributed by atoms with van der Waals surface area (Å²) in [6, 6.07) is 0.339. The van der Waals surface area contributed by atoms with Crippen LogP contribution in [0.4, 0.5) is 4.79 Å². The Hall–Kier alpha value is -0.770. The van der Waals surface area contributed by atoms with Crippen LogP contribution in [-0.4, -0.2) is 30.7 Å². The first-order valence-corrected chi connectivity index (χ1v) is 6.18. The second-order valence-corrected chi connectivity index (χ2v) is 5.77. The van der Waals surface area contributed by atoms with Gasteiger partial charge in [-0.15, -0.1) is 0 Å². The van der Waals surface area contributed by atoms with Crippen molar-refractivity contribution in [3.05, 3.63) is 0 Å². The molecular weight excluding hydrogens is 202 g/mol. The molecule has 94 valence electrons. The Morgan fingerprint density at radius 1 is 1.44 bits per heavy atom. The van der Waals surface area contributed by atoms with Crippen molar-refractivity contribution in [1.82, 2.24) is 16.0 Å². The molecular formula is C12H25N3O. The van der Waals surface area contributed by atoms with Crippen molar-refractivity contribution in [1.29, 1.82) is 0 Å². The van der Waals surface area contributed by atoms with Crippen LogP contribution in [0.3, 0.4) is 0 Å². The Labute approximate surface area is 98.6 Å². The van der Waals surface area contributed by atoms with E-state index in [0.29, 0.717) is 18.5 Å². The molecule has 0 aliphatic carbocycles. The number of nitrogens with one attached hydrogen (secondary N) is 3. The Bertz CT molecular complexity index is 235. The Morgan fingerprint density at radius 2 is 2.12 bits per heavy atom. The zero-order chi connectivity index (χ0) is 12.2. The highest BCUT2D eigenvalue weighted by molar-refractivity contribution is 5.74. The van der Waals surface area contributed by atoms with E-state index in [2.05, 4.69) is 22.9 Å². The number of hydrogen-bond acceptors (Lipinski definition) is 2. The van der Waals surface area contributed by atoms with Crippen molar-refractivity contribution in [3.8, 4) is 0 Å². The molecule has 3 N–H and O–H groups in total. The first kappa shape index (κ1) is 13.3. The molecule has 2 amide bonds. The molecule has 4 heteroatoms. The second kappa shape index (κ2) is 5.53. The number of rotatable bonds is 2. The van der Waals surface area contributed by atoms with Crippen LogP contribution < -0.4 is 16.0 Å². The fourth-order valence-electron chi connectivity index (χ4n) is 1.97. The SMILES string of the molecule is CC1CCCNC1CNC(=O)NC(C)(C)C. The molecule has 0 bridgehead atoms. The van der Waals surface area contributed by atoms with E-state index in [0.717, 1.165) is 6.54 Å². The number of amides is 2. The van der Waals surface area contributed by atoms with Gasteiger partial charge in [-0.3, -0.25) is 0 Å². The quantitative estimate of drug-likeness (QED) is 0.669. The van der Waals surface area contributed by atoms with E-state index in [1.807, 2.05) is 20.8 Å². The van der Waals surface area contributed by atoms with Crippen LogP contribution in [0, 0.1) is 5.92 Å². The van der Waals surface area contributed by atoms with E-state index in [1.54, 1.807) is 0 Å². The van der Waals surface area contributed by atoms with E-state index in [1.165, 1.54) is 12.8 Å². The van der Waals surface area contributed by atoms with Gasteiger partial charge in [-0.25, -0.2) is 4.79 Å². The molecule has 1 rings (SSSR count). The lowest BCUT2D eigenvalue weighted by molar-refractivity contribution is 0.225. The molecule has 0 aromatic heterocycles. The van der Waals surface area contributed by atoms with Gasteiger partial charge in [0.1, 0.15) is 0 Å². The molecule has 0 radical (unpaired) electrons. The Morgan fingerprint density at radius 3 is 2.69 bits per heavy atom. The third-order valence-corrected chi connectivity index (χ3v) is 2.90. The first-order valence-electron chi connectivity index (χ1n) is 6.18. The summed E-state index contributed by atoms with van der Waals surface area (Å²) in [5.41, 5.74) is -0.171. The van der Waals surface area contributed by atoms with Crippen LogP contribution in [0.2, 0.25) is 0 Å². The van der Waals surface area contributed by atoms with Crippen molar-refractivity contribution < 1.29 is 4.79 Å². The van der Waals surface area contributed by atoms with Gasteiger partial charge in [0.2, 0.25) is 0 Å². The molecule has 0 aromatic rings. The number of carbonyl (C=O) groups is 1. The smallest absolute Gasteiger partial charge is 0.315 e. The zero-order valence-corrected chi connectivity index (χ0v) is 10.9. The average Bonchev–Trinajstić information content (AvgIpc) is 2.14. The van der Waals surface area contributed by atoms with Gasteiger partial charge < -0.3 is 16.0 Å². The fourth-order valence-corrected chi connectivity index (χ4v) is 1.97. The lowest BCUT2D eigenvalue weighted by atomic mass is 9.93. The number of piperidine rings is 1. The topological polar surface area (TPSA) is 53.2 Å². The normalized spacial score (nSPS) is 26.2. The minimum Gasteiger partial charge on any atom is -0.337 e. The van der Waals surface area contributed by atoms with E-state index < -0.39 is 0 Å². The van der Waals surface area contributed by atoms with Crippen LogP contribution in [0.25, 0.3) is 0 Å². The Balaban J connectivity index is 2.25. The lowest BCUT2D eigenvalue weighted by Crippen LogP contribution is -2.52. The molecule has 1 heterocycles. The number of carbonyl (C=O) groups excluding carboxylic acids is 1. The minimum atomic E-state index is -0.171. The molecule has 2 unspecified atom stereocenters. The van der Waals surface area contributed by atoms with Crippen molar-refractivity contribution in [2.75, 3.05) is 13.1 Å². The molecule has 4 nitrogen and oxygen atoms in total. The molecule has 0 aromatic carbocycles. The third-order valence-electron chi connectivity index (χ3n) is 2.90. The van der Waals surface area contributed by atoms with Gasteiger partial charge in [-0.2, -0.15) is 0 Å². The van der Waals surface area contributed by atoms with Gasteiger partial charge in [0.05, 0.1) is 0 Å². The van der Waals surface area contributed by atoms with Crippen molar-refractivity contribution in [3.63, 3.8) is 0 Å². The molecule has 1 aliphatic rings. The second-order valence-electron chi connectivity index (χ2n) is 5.77. The summed E-state index contributed by atoms with van der Waals surface area (Å²) in [7, 11) is 0. The largest absolute Gasteiger partial charge is 0.337 e. The summed E-state index contributed by atoms with van der Waals surface area (Å²) in [6.07, 6.45) is 2.49. The highest BCUT2D eigenvalue weighted by Gasteiger charge is 2.21. The summed E-state index contributed by atoms with van der Waals surface area (Å²) in [4.78, 5) is 11.6. The molecule has 16 heavy (non-hydrogen) atoms. The van der Waals surface area contributed by atoms with Crippen LogP contribution in [-0.2, 0) is 0 Å². The molecule has 1 saturated heterocycles. The molecule has 1 aliphatic heterocycles. The van der Waals surface area contributed by atoms with Crippen LogP contribution in [0.1, 0.15) is 40.5 Å². The van der Waals surface area contributed by atoms with Crippen LogP contribution in [0.15, 0.2) is 0 Å². The highest BCUT2D eigenvalue weighted by Crippen LogP contribution is 2.14. The van der Waals surface area contributed by atoms with Crippen molar-refractivity contribution >= 4 is 6.03 Å². The summed E-state index contributed by atoms with van der Waals surface area (Å²) in [5.74, 6) is 0.642. The molecule has 1 fully saturated rings. The summed E-state index contributed by atoms with van der Waals surface area (Å²) < 4.78 is 0. The summed E-state index contributed by atoms with van der Waals surface area (Å²) >= 11 is 0. The molecule has 0 saturated carbocycles.